The molecule has 0 aliphatic heterocycles. The Labute approximate surface area is 162 Å². The smallest absolute Gasteiger partial charge is 0.263 e. The van der Waals surface area contributed by atoms with Gasteiger partial charge in [0.15, 0.2) is 5.65 Å². The highest BCUT2D eigenvalue weighted by atomic mass is 16.5. The maximum atomic E-state index is 12.5. The lowest BCUT2D eigenvalue weighted by molar-refractivity contribution is 0.279. The van der Waals surface area contributed by atoms with Gasteiger partial charge >= 0.3 is 0 Å². The van der Waals surface area contributed by atoms with Crippen molar-refractivity contribution in [2.45, 2.75) is 44.2 Å². The van der Waals surface area contributed by atoms with Crippen LogP contribution in [-0.2, 0) is 0 Å². The van der Waals surface area contributed by atoms with Gasteiger partial charge in [0.05, 0.1) is 25.4 Å². The van der Waals surface area contributed by atoms with Crippen LogP contribution in [0.3, 0.4) is 0 Å². The van der Waals surface area contributed by atoms with Crippen molar-refractivity contribution in [2.24, 2.45) is 0 Å². The van der Waals surface area contributed by atoms with Gasteiger partial charge in [-0.2, -0.15) is 10.1 Å². The molecule has 1 aliphatic rings. The fraction of sp³-hybridized carbons (Fsp3) is 0.450. The Bertz CT molecular complexity index is 989. The summed E-state index contributed by atoms with van der Waals surface area (Å²) in [6.45, 7) is 0.0101. The number of H-pyrrole nitrogens is 1. The number of methoxy groups -OCH3 is 1. The molecule has 3 N–H and O–H groups in total. The molecule has 2 heterocycles. The standard InChI is InChI=1S/C20H25N5O3/c1-28-15-8-6-13(7-9-15)17(10-11-26)22-20-23-18-16(19(27)24-20)12-21-25(18)14-4-2-3-5-14/h6-9,12,14,17,26H,2-5,10-11H2,1H3,(H2,22,23,24,27). The van der Waals surface area contributed by atoms with Gasteiger partial charge in [-0.3, -0.25) is 9.78 Å². The van der Waals surface area contributed by atoms with Crippen molar-refractivity contribution in [3.63, 3.8) is 0 Å². The summed E-state index contributed by atoms with van der Waals surface area (Å²) in [7, 11) is 1.62. The van der Waals surface area contributed by atoms with E-state index in [1.807, 2.05) is 28.9 Å². The van der Waals surface area contributed by atoms with Crippen LogP contribution in [0.1, 0.15) is 49.8 Å². The number of aliphatic hydroxyl groups is 1. The molecule has 0 saturated heterocycles. The first kappa shape index (κ1) is 18.5. The second-order valence-corrected chi connectivity index (χ2v) is 7.16. The molecule has 1 saturated carbocycles. The fourth-order valence-electron chi connectivity index (χ4n) is 3.87. The van der Waals surface area contributed by atoms with Crippen molar-refractivity contribution in [2.75, 3.05) is 19.0 Å². The van der Waals surface area contributed by atoms with Crippen LogP contribution in [0.2, 0.25) is 0 Å². The van der Waals surface area contributed by atoms with Crippen LogP contribution in [0.5, 0.6) is 5.75 Å². The van der Waals surface area contributed by atoms with Crippen molar-refractivity contribution in [1.29, 1.82) is 0 Å². The maximum absolute atomic E-state index is 12.5. The number of aromatic nitrogens is 4. The molecule has 0 spiro atoms. The quantitative estimate of drug-likeness (QED) is 0.579. The topological polar surface area (TPSA) is 105 Å². The van der Waals surface area contributed by atoms with Crippen LogP contribution >= 0.6 is 0 Å². The Morgan fingerprint density at radius 1 is 1.32 bits per heavy atom. The number of nitrogens with zero attached hydrogens (tertiary/aromatic N) is 3. The molecule has 28 heavy (non-hydrogen) atoms. The first-order chi connectivity index (χ1) is 13.7. The predicted octanol–water partition coefficient (Wildman–Crippen LogP) is 2.78. The highest BCUT2D eigenvalue weighted by molar-refractivity contribution is 5.74. The number of rotatable bonds is 7. The number of benzene rings is 1. The lowest BCUT2D eigenvalue weighted by Crippen LogP contribution is -2.19. The Balaban J connectivity index is 1.66. The Morgan fingerprint density at radius 2 is 2.07 bits per heavy atom. The molecule has 0 amide bonds. The molecule has 8 nitrogen and oxygen atoms in total. The van der Waals surface area contributed by atoms with E-state index in [1.54, 1.807) is 13.3 Å². The maximum Gasteiger partial charge on any atom is 0.263 e. The lowest BCUT2D eigenvalue weighted by Gasteiger charge is -2.19. The number of hydrogen-bond donors (Lipinski definition) is 3. The van der Waals surface area contributed by atoms with Gasteiger partial charge in [0.1, 0.15) is 11.1 Å². The van der Waals surface area contributed by atoms with Crippen molar-refractivity contribution in [3.8, 4) is 5.75 Å². The van der Waals surface area contributed by atoms with E-state index in [9.17, 15) is 9.90 Å². The number of aromatic amines is 1. The highest BCUT2D eigenvalue weighted by Crippen LogP contribution is 2.31. The van der Waals surface area contributed by atoms with E-state index in [-0.39, 0.29) is 18.2 Å². The Hall–Kier alpha value is -2.87. The van der Waals surface area contributed by atoms with Gasteiger partial charge in [-0.25, -0.2) is 4.68 Å². The first-order valence-electron chi connectivity index (χ1n) is 9.68. The number of hydrogen-bond acceptors (Lipinski definition) is 6. The summed E-state index contributed by atoms with van der Waals surface area (Å²) in [5.74, 6) is 1.14. The summed E-state index contributed by atoms with van der Waals surface area (Å²) in [5, 5.41) is 17.7. The number of nitrogens with one attached hydrogen (secondary N) is 2. The van der Waals surface area contributed by atoms with Crippen molar-refractivity contribution in [1.82, 2.24) is 19.7 Å². The summed E-state index contributed by atoms with van der Waals surface area (Å²) >= 11 is 0. The van der Waals surface area contributed by atoms with E-state index in [0.29, 0.717) is 29.4 Å². The molecule has 0 bridgehead atoms. The number of anilines is 1. The minimum Gasteiger partial charge on any atom is -0.497 e. The molecule has 1 atom stereocenters. The lowest BCUT2D eigenvalue weighted by atomic mass is 10.0. The first-order valence-corrected chi connectivity index (χ1v) is 9.68. The molecule has 2 aromatic heterocycles. The van der Waals surface area contributed by atoms with E-state index >= 15 is 0 Å². The van der Waals surface area contributed by atoms with E-state index in [2.05, 4.69) is 20.4 Å². The minimum atomic E-state index is -0.214. The van der Waals surface area contributed by atoms with Gasteiger partial charge in [-0.05, 0) is 37.0 Å². The molecule has 1 aromatic carbocycles. The zero-order valence-corrected chi connectivity index (χ0v) is 15.9. The van der Waals surface area contributed by atoms with E-state index in [1.165, 1.54) is 12.8 Å². The molecule has 4 rings (SSSR count). The van der Waals surface area contributed by atoms with Crippen LogP contribution in [0.4, 0.5) is 5.95 Å². The van der Waals surface area contributed by atoms with Gasteiger partial charge < -0.3 is 15.2 Å². The molecule has 8 heteroatoms. The molecule has 1 fully saturated rings. The summed E-state index contributed by atoms with van der Waals surface area (Å²) in [6.07, 6.45) is 6.56. The summed E-state index contributed by atoms with van der Waals surface area (Å²) in [6, 6.07) is 7.72. The molecule has 148 valence electrons. The molecule has 1 aliphatic carbocycles. The molecule has 1 unspecified atom stereocenters. The average molecular weight is 383 g/mol. The third kappa shape index (κ3) is 3.60. The van der Waals surface area contributed by atoms with Crippen molar-refractivity contribution < 1.29 is 9.84 Å². The van der Waals surface area contributed by atoms with Gasteiger partial charge in [0, 0.05) is 6.61 Å². The zero-order valence-electron chi connectivity index (χ0n) is 15.9. The molecule has 0 radical (unpaired) electrons. The number of fused-ring (bicyclic) bond motifs is 1. The van der Waals surface area contributed by atoms with E-state index < -0.39 is 0 Å². The average Bonchev–Trinajstić information content (AvgIpc) is 3.37. The number of ether oxygens (including phenoxy) is 1. The van der Waals surface area contributed by atoms with E-state index in [4.69, 9.17) is 4.74 Å². The Kier molecular flexibility index (Phi) is 5.29. The van der Waals surface area contributed by atoms with Crippen molar-refractivity contribution in [3.05, 3.63) is 46.4 Å². The normalized spacial score (nSPS) is 15.8. The molecular weight excluding hydrogens is 358 g/mol. The van der Waals surface area contributed by atoms with Gasteiger partial charge in [0.25, 0.3) is 5.56 Å². The van der Waals surface area contributed by atoms with Gasteiger partial charge in [-0.1, -0.05) is 25.0 Å². The largest absolute Gasteiger partial charge is 0.497 e. The minimum absolute atomic E-state index is 0.0101. The van der Waals surface area contributed by atoms with Gasteiger partial charge in [-0.15, -0.1) is 0 Å². The summed E-state index contributed by atoms with van der Waals surface area (Å²) in [4.78, 5) is 20.0. The van der Waals surface area contributed by atoms with Crippen LogP contribution in [0.15, 0.2) is 35.3 Å². The van der Waals surface area contributed by atoms with Crippen LogP contribution in [0.25, 0.3) is 11.0 Å². The van der Waals surface area contributed by atoms with Gasteiger partial charge in [0.2, 0.25) is 5.95 Å². The second kappa shape index (κ2) is 8.02. The van der Waals surface area contributed by atoms with Crippen LogP contribution in [-0.4, -0.2) is 38.6 Å². The highest BCUT2D eigenvalue weighted by Gasteiger charge is 2.22. The van der Waals surface area contributed by atoms with Crippen LogP contribution < -0.4 is 15.6 Å². The van der Waals surface area contributed by atoms with E-state index in [0.717, 1.165) is 24.2 Å². The van der Waals surface area contributed by atoms with Crippen molar-refractivity contribution >= 4 is 17.0 Å². The second-order valence-electron chi connectivity index (χ2n) is 7.16. The monoisotopic (exact) mass is 383 g/mol. The molecule has 3 aromatic rings. The SMILES string of the molecule is COc1ccc(C(CCO)Nc2nc3c(cnn3C3CCCC3)c(=O)[nH]2)cc1. The third-order valence-electron chi connectivity index (χ3n) is 5.38. The molecular formula is C20H25N5O3. The number of aliphatic hydroxyl groups excluding tert-OH is 1. The van der Waals surface area contributed by atoms with Crippen LogP contribution in [0, 0.1) is 0 Å². The zero-order chi connectivity index (χ0) is 19.5. The fourth-order valence-corrected chi connectivity index (χ4v) is 3.87. The third-order valence-corrected chi connectivity index (χ3v) is 5.38. The summed E-state index contributed by atoms with van der Waals surface area (Å²) < 4.78 is 7.09. The summed E-state index contributed by atoms with van der Waals surface area (Å²) in [5.41, 5.74) is 1.37. The predicted molar refractivity (Wildman–Crippen MR) is 107 cm³/mol. The Morgan fingerprint density at radius 3 is 2.75 bits per heavy atom.